The van der Waals surface area contributed by atoms with Crippen molar-refractivity contribution in [1.82, 2.24) is 5.32 Å². The highest BCUT2D eigenvalue weighted by Gasteiger charge is 2.28. The van der Waals surface area contributed by atoms with Crippen molar-refractivity contribution in [2.24, 2.45) is 0 Å². The first kappa shape index (κ1) is 20.7. The van der Waals surface area contributed by atoms with Crippen molar-refractivity contribution in [1.29, 1.82) is 0 Å². The van der Waals surface area contributed by atoms with E-state index in [0.29, 0.717) is 6.61 Å². The van der Waals surface area contributed by atoms with Crippen LogP contribution in [0.25, 0.3) is 0 Å². The van der Waals surface area contributed by atoms with Crippen LogP contribution in [0.3, 0.4) is 0 Å². The van der Waals surface area contributed by atoms with Gasteiger partial charge in [-0.15, -0.1) is 0 Å². The van der Waals surface area contributed by atoms with Crippen LogP contribution in [-0.4, -0.2) is 33.2 Å². The van der Waals surface area contributed by atoms with E-state index in [9.17, 15) is 17.6 Å². The molecular weight excluding hydrogens is 371 g/mol. The Morgan fingerprint density at radius 1 is 1.15 bits per heavy atom. The Bertz CT molecular complexity index is 868. The number of amides is 1. The first-order chi connectivity index (χ1) is 12.7. The van der Waals surface area contributed by atoms with Crippen LogP contribution in [0.4, 0.5) is 10.1 Å². The zero-order valence-electron chi connectivity index (χ0n) is 15.5. The summed E-state index contributed by atoms with van der Waals surface area (Å²) in [6, 6.07) is 11.2. The van der Waals surface area contributed by atoms with Crippen LogP contribution in [0.15, 0.2) is 48.5 Å². The van der Waals surface area contributed by atoms with E-state index in [1.165, 1.54) is 19.1 Å². The van der Waals surface area contributed by atoms with Crippen molar-refractivity contribution in [2.75, 3.05) is 17.2 Å². The highest BCUT2D eigenvalue weighted by Crippen LogP contribution is 2.21. The summed E-state index contributed by atoms with van der Waals surface area (Å²) in [6.45, 7) is 4.19. The largest absolute Gasteiger partial charge is 0.494 e. The number of nitrogens with zero attached hydrogens (tertiary/aromatic N) is 1. The summed E-state index contributed by atoms with van der Waals surface area (Å²) in [7, 11) is -3.74. The molecule has 146 valence electrons. The molecule has 0 bridgehead atoms. The van der Waals surface area contributed by atoms with Crippen LogP contribution in [0.1, 0.15) is 19.4 Å². The van der Waals surface area contributed by atoms with Crippen molar-refractivity contribution < 1.29 is 22.3 Å². The molecule has 0 aliphatic heterocycles. The average Bonchev–Trinajstić information content (AvgIpc) is 2.61. The molecule has 27 heavy (non-hydrogen) atoms. The van der Waals surface area contributed by atoms with E-state index in [4.69, 9.17) is 4.74 Å². The van der Waals surface area contributed by atoms with Crippen molar-refractivity contribution in [3.8, 4) is 5.75 Å². The standard InChI is InChI=1S/C19H23FN2O4S/c1-4-26-18-11-5-15(6-12-18)13-21-19(23)14(2)22(27(3,24)25)17-9-7-16(20)8-10-17/h5-12,14H,4,13H2,1-3H3,(H,21,23). The van der Waals surface area contributed by atoms with E-state index in [2.05, 4.69) is 5.32 Å². The van der Waals surface area contributed by atoms with Gasteiger partial charge in [-0.1, -0.05) is 12.1 Å². The summed E-state index contributed by atoms with van der Waals surface area (Å²) >= 11 is 0. The maximum Gasteiger partial charge on any atom is 0.243 e. The summed E-state index contributed by atoms with van der Waals surface area (Å²) in [5.74, 6) is -0.209. The van der Waals surface area contributed by atoms with E-state index in [0.717, 1.165) is 34.0 Å². The number of sulfonamides is 1. The van der Waals surface area contributed by atoms with E-state index >= 15 is 0 Å². The molecule has 0 aromatic heterocycles. The molecule has 1 amide bonds. The van der Waals surface area contributed by atoms with E-state index in [1.54, 1.807) is 12.1 Å². The Morgan fingerprint density at radius 2 is 1.74 bits per heavy atom. The molecule has 0 radical (unpaired) electrons. The predicted molar refractivity (Wildman–Crippen MR) is 103 cm³/mol. The van der Waals surface area contributed by atoms with Crippen molar-refractivity contribution in [2.45, 2.75) is 26.4 Å². The number of carbonyl (C=O) groups is 1. The van der Waals surface area contributed by atoms with Gasteiger partial charge in [-0.2, -0.15) is 0 Å². The lowest BCUT2D eigenvalue weighted by Crippen LogP contribution is -2.47. The van der Waals surface area contributed by atoms with Gasteiger partial charge in [0.15, 0.2) is 0 Å². The minimum absolute atomic E-state index is 0.225. The second-order valence-electron chi connectivity index (χ2n) is 6.01. The molecule has 0 saturated heterocycles. The quantitative estimate of drug-likeness (QED) is 0.747. The molecule has 0 aliphatic rings. The Kier molecular flexibility index (Phi) is 6.79. The summed E-state index contributed by atoms with van der Waals surface area (Å²) < 4.78 is 43.8. The van der Waals surface area contributed by atoms with Crippen molar-refractivity contribution in [3.05, 3.63) is 59.9 Å². The molecule has 0 fully saturated rings. The lowest BCUT2D eigenvalue weighted by Gasteiger charge is -2.28. The van der Waals surface area contributed by atoms with Gasteiger partial charge < -0.3 is 10.1 Å². The summed E-state index contributed by atoms with van der Waals surface area (Å²) in [4.78, 5) is 12.5. The lowest BCUT2D eigenvalue weighted by molar-refractivity contribution is -0.122. The fourth-order valence-electron chi connectivity index (χ4n) is 2.60. The van der Waals surface area contributed by atoms with Gasteiger partial charge in [-0.25, -0.2) is 12.8 Å². The van der Waals surface area contributed by atoms with Crippen molar-refractivity contribution in [3.63, 3.8) is 0 Å². The maximum atomic E-state index is 13.1. The Labute approximate surface area is 159 Å². The van der Waals surface area contributed by atoms with Crippen LogP contribution in [0.5, 0.6) is 5.75 Å². The Morgan fingerprint density at radius 3 is 2.26 bits per heavy atom. The van der Waals surface area contributed by atoms with E-state index < -0.39 is 27.8 Å². The molecule has 6 nitrogen and oxygen atoms in total. The number of nitrogens with one attached hydrogen (secondary N) is 1. The third-order valence-corrected chi connectivity index (χ3v) is 5.11. The third-order valence-electron chi connectivity index (χ3n) is 3.87. The summed E-state index contributed by atoms with van der Waals surface area (Å²) in [5.41, 5.74) is 1.08. The molecule has 0 aliphatic carbocycles. The molecule has 2 aromatic rings. The maximum absolute atomic E-state index is 13.1. The molecular formula is C19H23FN2O4S. The molecule has 2 aromatic carbocycles. The highest BCUT2D eigenvalue weighted by molar-refractivity contribution is 7.92. The normalized spacial score (nSPS) is 12.3. The van der Waals surface area contributed by atoms with Crippen LogP contribution in [-0.2, 0) is 21.4 Å². The van der Waals surface area contributed by atoms with Gasteiger partial charge in [0.2, 0.25) is 15.9 Å². The van der Waals surface area contributed by atoms with Crippen LogP contribution >= 0.6 is 0 Å². The summed E-state index contributed by atoms with van der Waals surface area (Å²) in [5, 5.41) is 2.72. The second-order valence-corrected chi connectivity index (χ2v) is 7.87. The van der Waals surface area contributed by atoms with Gasteiger partial charge in [-0.3, -0.25) is 9.10 Å². The highest BCUT2D eigenvalue weighted by atomic mass is 32.2. The fourth-order valence-corrected chi connectivity index (χ4v) is 3.78. The topological polar surface area (TPSA) is 75.7 Å². The SMILES string of the molecule is CCOc1ccc(CNC(=O)C(C)N(c2ccc(F)cc2)S(C)(=O)=O)cc1. The van der Waals surface area contributed by atoms with Gasteiger partial charge in [0.25, 0.3) is 0 Å². The molecule has 1 N–H and O–H groups in total. The third kappa shape index (κ3) is 5.68. The Hall–Kier alpha value is -2.61. The monoisotopic (exact) mass is 394 g/mol. The number of rotatable bonds is 8. The molecule has 8 heteroatoms. The molecule has 0 saturated carbocycles. The number of benzene rings is 2. The smallest absolute Gasteiger partial charge is 0.243 e. The summed E-state index contributed by atoms with van der Waals surface area (Å²) in [6.07, 6.45) is 1.01. The van der Waals surface area contributed by atoms with Gasteiger partial charge in [0, 0.05) is 6.54 Å². The first-order valence-electron chi connectivity index (χ1n) is 8.46. The minimum atomic E-state index is -3.74. The van der Waals surface area contributed by atoms with Crippen LogP contribution in [0.2, 0.25) is 0 Å². The molecule has 0 heterocycles. The molecule has 1 atom stereocenters. The second kappa shape index (κ2) is 8.85. The molecule has 2 rings (SSSR count). The van der Waals surface area contributed by atoms with Gasteiger partial charge >= 0.3 is 0 Å². The zero-order chi connectivity index (χ0) is 20.0. The number of ether oxygens (including phenoxy) is 1. The molecule has 1 unspecified atom stereocenters. The van der Waals surface area contributed by atoms with Gasteiger partial charge in [0.05, 0.1) is 18.6 Å². The number of carbonyl (C=O) groups excluding carboxylic acids is 1. The van der Waals surface area contributed by atoms with Crippen LogP contribution < -0.4 is 14.4 Å². The number of halogens is 1. The van der Waals surface area contributed by atoms with Crippen molar-refractivity contribution >= 4 is 21.6 Å². The molecule has 0 spiro atoms. The van der Waals surface area contributed by atoms with E-state index in [1.807, 2.05) is 19.1 Å². The predicted octanol–water partition coefficient (Wildman–Crippen LogP) is 2.70. The number of hydrogen-bond acceptors (Lipinski definition) is 4. The van der Waals surface area contributed by atoms with Gasteiger partial charge in [0.1, 0.15) is 17.6 Å². The first-order valence-corrected chi connectivity index (χ1v) is 10.3. The lowest BCUT2D eigenvalue weighted by atomic mass is 10.2. The van der Waals surface area contributed by atoms with E-state index in [-0.39, 0.29) is 12.2 Å². The van der Waals surface area contributed by atoms with Gasteiger partial charge in [-0.05, 0) is 55.8 Å². The average molecular weight is 394 g/mol. The zero-order valence-corrected chi connectivity index (χ0v) is 16.3. The number of hydrogen-bond donors (Lipinski definition) is 1. The fraction of sp³-hybridized carbons (Fsp3) is 0.316. The number of anilines is 1. The Balaban J connectivity index is 2.09. The van der Waals surface area contributed by atoms with Crippen LogP contribution in [0, 0.1) is 5.82 Å². The minimum Gasteiger partial charge on any atom is -0.494 e.